The Hall–Kier alpha value is -3.23. The van der Waals surface area contributed by atoms with Gasteiger partial charge < -0.3 is 25.4 Å². The molecule has 0 aromatic heterocycles. The maximum Gasteiger partial charge on any atom is 0.414 e. The van der Waals surface area contributed by atoms with Crippen LogP contribution in [-0.2, 0) is 9.59 Å². The highest BCUT2D eigenvalue weighted by molar-refractivity contribution is 6.27. The fourth-order valence-electron chi connectivity index (χ4n) is 2.13. The highest BCUT2D eigenvalue weighted by Gasteiger charge is 2.13. The molecule has 0 amide bonds. The molecule has 1 unspecified atom stereocenters. The number of aliphatic hydroxyl groups is 1. The molecule has 0 radical (unpaired) electrons. The summed E-state index contributed by atoms with van der Waals surface area (Å²) in [6, 6.07) is 16.1. The van der Waals surface area contributed by atoms with Crippen LogP contribution in [-0.4, -0.2) is 57.8 Å². The monoisotopic (exact) mass is 417 g/mol. The molecule has 0 aliphatic rings. The Morgan fingerprint density at radius 3 is 1.87 bits per heavy atom. The van der Waals surface area contributed by atoms with Gasteiger partial charge in [-0.1, -0.05) is 30.3 Å². The lowest BCUT2D eigenvalue weighted by Crippen LogP contribution is -2.42. The van der Waals surface area contributed by atoms with E-state index in [0.717, 1.165) is 0 Å². The normalized spacial score (nSPS) is 11.6. The molecule has 0 aliphatic heterocycles. The van der Waals surface area contributed by atoms with Gasteiger partial charge in [0.1, 0.15) is 18.5 Å². The first-order valence-electron chi connectivity index (χ1n) is 9.21. The summed E-state index contributed by atoms with van der Waals surface area (Å²) in [5, 5.41) is 27.9. The van der Waals surface area contributed by atoms with Crippen LogP contribution in [0.3, 0.4) is 0 Å². The molecular weight excluding hydrogens is 390 g/mol. The SMILES string of the molecule is CC(C)(C)NCC(O)COc1ccc(C(=O)c2ccccc2)cc1.O=C(O)C(=O)O. The van der Waals surface area contributed by atoms with Crippen LogP contribution in [0.15, 0.2) is 54.6 Å². The third kappa shape index (κ3) is 9.81. The van der Waals surface area contributed by atoms with Gasteiger partial charge in [-0.3, -0.25) is 4.79 Å². The van der Waals surface area contributed by atoms with E-state index in [2.05, 4.69) is 5.32 Å². The highest BCUT2D eigenvalue weighted by atomic mass is 16.5. The van der Waals surface area contributed by atoms with Crippen molar-refractivity contribution in [3.63, 3.8) is 0 Å². The van der Waals surface area contributed by atoms with Gasteiger partial charge in [-0.25, -0.2) is 9.59 Å². The Balaban J connectivity index is 0.000000656. The number of hydrogen-bond donors (Lipinski definition) is 4. The zero-order chi connectivity index (χ0) is 22.7. The Bertz CT molecular complexity index is 815. The minimum atomic E-state index is -1.82. The number of carboxylic acid groups (broad SMARTS) is 2. The summed E-state index contributed by atoms with van der Waals surface area (Å²) >= 11 is 0. The number of carboxylic acids is 2. The van der Waals surface area contributed by atoms with E-state index >= 15 is 0 Å². The molecular formula is C22H27NO7. The van der Waals surface area contributed by atoms with E-state index in [4.69, 9.17) is 24.5 Å². The standard InChI is InChI=1S/C20H25NO3.C2H2O4/c1-20(2,3)21-13-17(22)14-24-18-11-9-16(10-12-18)19(23)15-7-5-4-6-8-15;3-1(4)2(5)6/h4-12,17,21-22H,13-14H2,1-3H3;(H,3,4)(H,5,6). The van der Waals surface area contributed by atoms with E-state index < -0.39 is 18.0 Å². The van der Waals surface area contributed by atoms with Crippen LogP contribution < -0.4 is 10.1 Å². The van der Waals surface area contributed by atoms with Crippen molar-refractivity contribution >= 4 is 17.7 Å². The van der Waals surface area contributed by atoms with E-state index in [1.807, 2.05) is 39.0 Å². The summed E-state index contributed by atoms with van der Waals surface area (Å²) in [6.45, 7) is 6.80. The van der Waals surface area contributed by atoms with Gasteiger partial charge in [-0.05, 0) is 45.0 Å². The number of carbonyl (C=O) groups is 3. The number of hydrogen-bond acceptors (Lipinski definition) is 6. The lowest BCUT2D eigenvalue weighted by atomic mass is 10.0. The summed E-state index contributed by atoms with van der Waals surface area (Å²) in [7, 11) is 0. The second-order valence-electron chi connectivity index (χ2n) is 7.43. The predicted molar refractivity (Wildman–Crippen MR) is 111 cm³/mol. The Kier molecular flexibility index (Phi) is 9.67. The molecule has 4 N–H and O–H groups in total. The van der Waals surface area contributed by atoms with Crippen molar-refractivity contribution in [2.24, 2.45) is 0 Å². The number of rotatable bonds is 7. The molecule has 0 spiro atoms. The van der Waals surface area contributed by atoms with Gasteiger partial charge in [0.15, 0.2) is 5.78 Å². The van der Waals surface area contributed by atoms with Crippen LogP contribution in [0, 0.1) is 0 Å². The van der Waals surface area contributed by atoms with Crippen molar-refractivity contribution in [3.05, 3.63) is 65.7 Å². The molecule has 0 saturated heterocycles. The van der Waals surface area contributed by atoms with Crippen LogP contribution in [0.5, 0.6) is 5.75 Å². The zero-order valence-electron chi connectivity index (χ0n) is 17.2. The molecule has 8 nitrogen and oxygen atoms in total. The fraction of sp³-hybridized carbons (Fsp3) is 0.318. The quantitative estimate of drug-likeness (QED) is 0.398. The number of aliphatic hydroxyl groups excluding tert-OH is 1. The van der Waals surface area contributed by atoms with Gasteiger partial charge in [0.2, 0.25) is 0 Å². The number of β-amino-alcohol motifs (C(OH)–C–C–N with tert-alkyl or cyclic N) is 1. The summed E-state index contributed by atoms with van der Waals surface area (Å²) in [6.07, 6.45) is -0.588. The van der Waals surface area contributed by atoms with Crippen molar-refractivity contribution in [2.75, 3.05) is 13.2 Å². The van der Waals surface area contributed by atoms with E-state index in [9.17, 15) is 9.90 Å². The maximum absolute atomic E-state index is 12.3. The average Bonchev–Trinajstić information content (AvgIpc) is 2.71. The molecule has 2 aromatic rings. The van der Waals surface area contributed by atoms with Gasteiger partial charge in [0.05, 0.1) is 0 Å². The minimum absolute atomic E-state index is 0.0171. The number of benzene rings is 2. The van der Waals surface area contributed by atoms with E-state index in [-0.39, 0.29) is 17.9 Å². The number of aliphatic carboxylic acids is 2. The summed E-state index contributed by atoms with van der Waals surface area (Å²) in [5.74, 6) is -3.03. The number of ether oxygens (including phenoxy) is 1. The summed E-state index contributed by atoms with van der Waals surface area (Å²) in [4.78, 5) is 30.5. The van der Waals surface area contributed by atoms with Gasteiger partial charge in [-0.2, -0.15) is 0 Å². The number of nitrogens with one attached hydrogen (secondary N) is 1. The molecule has 8 heteroatoms. The van der Waals surface area contributed by atoms with Crippen LogP contribution in [0.2, 0.25) is 0 Å². The second kappa shape index (κ2) is 11.7. The summed E-state index contributed by atoms with van der Waals surface area (Å²) in [5.41, 5.74) is 1.24. The molecule has 0 aliphatic carbocycles. The summed E-state index contributed by atoms with van der Waals surface area (Å²) < 4.78 is 5.57. The van der Waals surface area contributed by atoms with Crippen molar-refractivity contribution in [2.45, 2.75) is 32.4 Å². The first-order valence-corrected chi connectivity index (χ1v) is 9.21. The van der Waals surface area contributed by atoms with Crippen LogP contribution in [0.4, 0.5) is 0 Å². The Morgan fingerprint density at radius 1 is 0.900 bits per heavy atom. The van der Waals surface area contributed by atoms with Crippen molar-refractivity contribution < 1.29 is 34.4 Å². The third-order valence-corrected chi connectivity index (χ3v) is 3.65. The molecule has 1 atom stereocenters. The second-order valence-corrected chi connectivity index (χ2v) is 7.43. The zero-order valence-corrected chi connectivity index (χ0v) is 17.2. The van der Waals surface area contributed by atoms with Crippen LogP contribution in [0.25, 0.3) is 0 Å². The van der Waals surface area contributed by atoms with E-state index in [1.165, 1.54) is 0 Å². The molecule has 0 fully saturated rings. The fourth-order valence-corrected chi connectivity index (χ4v) is 2.13. The lowest BCUT2D eigenvalue weighted by Gasteiger charge is -2.22. The highest BCUT2D eigenvalue weighted by Crippen LogP contribution is 2.15. The van der Waals surface area contributed by atoms with Crippen LogP contribution >= 0.6 is 0 Å². The molecule has 30 heavy (non-hydrogen) atoms. The minimum Gasteiger partial charge on any atom is -0.491 e. The number of ketones is 1. The molecule has 2 aromatic carbocycles. The van der Waals surface area contributed by atoms with Crippen LogP contribution in [0.1, 0.15) is 36.7 Å². The first kappa shape index (κ1) is 24.8. The first-order chi connectivity index (χ1) is 14.0. The average molecular weight is 417 g/mol. The Morgan fingerprint density at radius 2 is 1.40 bits per heavy atom. The van der Waals surface area contributed by atoms with Gasteiger partial charge >= 0.3 is 11.9 Å². The molecule has 2 rings (SSSR count). The smallest absolute Gasteiger partial charge is 0.414 e. The predicted octanol–water partition coefficient (Wildman–Crippen LogP) is 2.20. The van der Waals surface area contributed by atoms with Gasteiger partial charge in [0.25, 0.3) is 0 Å². The van der Waals surface area contributed by atoms with E-state index in [0.29, 0.717) is 23.4 Å². The van der Waals surface area contributed by atoms with E-state index in [1.54, 1.807) is 36.4 Å². The molecule has 162 valence electrons. The third-order valence-electron chi connectivity index (χ3n) is 3.65. The maximum atomic E-state index is 12.3. The largest absolute Gasteiger partial charge is 0.491 e. The Labute approximate surface area is 175 Å². The lowest BCUT2D eigenvalue weighted by molar-refractivity contribution is -0.159. The number of carbonyl (C=O) groups excluding carboxylic acids is 1. The topological polar surface area (TPSA) is 133 Å². The van der Waals surface area contributed by atoms with Crippen molar-refractivity contribution in [1.82, 2.24) is 5.32 Å². The van der Waals surface area contributed by atoms with Crippen molar-refractivity contribution in [1.29, 1.82) is 0 Å². The molecule has 0 bridgehead atoms. The molecule has 0 heterocycles. The molecule has 0 saturated carbocycles. The van der Waals surface area contributed by atoms with Gasteiger partial charge in [-0.15, -0.1) is 0 Å². The van der Waals surface area contributed by atoms with Crippen molar-refractivity contribution in [3.8, 4) is 5.75 Å². The van der Waals surface area contributed by atoms with Gasteiger partial charge in [0, 0.05) is 23.2 Å².